The van der Waals surface area contributed by atoms with Gasteiger partial charge < -0.3 is 16.6 Å². The van der Waals surface area contributed by atoms with Gasteiger partial charge in [0, 0.05) is 0 Å². The van der Waals surface area contributed by atoms with Gasteiger partial charge in [-0.2, -0.15) is 0 Å². The molecule has 0 aromatic heterocycles. The zero-order valence-electron chi connectivity index (χ0n) is 8.49. The summed E-state index contributed by atoms with van der Waals surface area (Å²) in [6, 6.07) is 0. The monoisotopic (exact) mass is 209 g/mol. The van der Waals surface area contributed by atoms with Gasteiger partial charge in [0.1, 0.15) is 22.7 Å². The maximum absolute atomic E-state index is 11.1. The average molecular weight is 209 g/mol. The van der Waals surface area contributed by atoms with Crippen LogP contribution < -0.4 is 11.5 Å². The molecule has 1 heterocycles. The zero-order valence-corrected chi connectivity index (χ0v) is 8.49. The first-order valence-corrected chi connectivity index (χ1v) is 5.16. The Hall–Kier alpha value is -1.52. The van der Waals surface area contributed by atoms with Gasteiger partial charge in [0.05, 0.1) is 0 Å². The molecule has 1 fully saturated rings. The molecular weight excluding hydrogens is 194 g/mol. The lowest BCUT2D eigenvalue weighted by atomic mass is 9.81. The molecule has 2 rings (SSSR count). The summed E-state index contributed by atoms with van der Waals surface area (Å²) in [5.41, 5.74) is 10.1. The lowest BCUT2D eigenvalue weighted by Gasteiger charge is -2.30. The summed E-state index contributed by atoms with van der Waals surface area (Å²) < 4.78 is 0. The van der Waals surface area contributed by atoms with E-state index in [1.807, 2.05) is 0 Å². The molecule has 1 amide bonds. The van der Waals surface area contributed by atoms with Gasteiger partial charge in [0.2, 0.25) is 0 Å². The predicted molar refractivity (Wildman–Crippen MR) is 56.3 cm³/mol. The number of amidine groups is 1. The normalized spacial score (nSPS) is 24.4. The average Bonchev–Trinajstić information content (AvgIpc) is 2.40. The Labute approximate surface area is 87.9 Å². The number of primary amides is 1. The van der Waals surface area contributed by atoms with Crippen molar-refractivity contribution in [3.63, 3.8) is 0 Å². The van der Waals surface area contributed by atoms with Gasteiger partial charge in [-0.25, -0.2) is 0 Å². The number of hydrogen-bond donors (Lipinski definition) is 3. The Bertz CT molecular complexity index is 365. The summed E-state index contributed by atoms with van der Waals surface area (Å²) in [4.78, 5) is 15.3. The maximum Gasteiger partial charge on any atom is 0.255 e. The number of aliphatic hydroxyl groups excluding tert-OH is 1. The molecule has 1 saturated carbocycles. The number of aliphatic hydroxyl groups is 1. The number of nitrogens with zero attached hydrogens (tertiary/aromatic N) is 1. The van der Waals surface area contributed by atoms with Gasteiger partial charge in [0.25, 0.3) is 5.91 Å². The predicted octanol–water partition coefficient (Wildman–Crippen LogP) is 0.357. The van der Waals surface area contributed by atoms with E-state index in [0.29, 0.717) is 0 Å². The third-order valence-electron chi connectivity index (χ3n) is 3.20. The molecule has 0 radical (unpaired) electrons. The minimum atomic E-state index is -0.698. The quantitative estimate of drug-likeness (QED) is 0.581. The molecule has 0 bridgehead atoms. The molecule has 1 aliphatic heterocycles. The molecule has 0 unspecified atom stereocenters. The van der Waals surface area contributed by atoms with Crippen molar-refractivity contribution in [3.8, 4) is 0 Å². The summed E-state index contributed by atoms with van der Waals surface area (Å²) in [6.07, 6.45) is 4.61. The first-order chi connectivity index (χ1) is 7.07. The number of amides is 1. The Kier molecular flexibility index (Phi) is 2.17. The zero-order chi connectivity index (χ0) is 11.1. The maximum atomic E-state index is 11.1. The third-order valence-corrected chi connectivity index (χ3v) is 3.20. The van der Waals surface area contributed by atoms with Crippen LogP contribution in [-0.4, -0.2) is 22.4 Å². The van der Waals surface area contributed by atoms with E-state index in [1.165, 1.54) is 0 Å². The fraction of sp³-hybridized carbons (Fsp3) is 0.600. The molecular formula is C10H15N3O2. The second kappa shape index (κ2) is 3.25. The fourth-order valence-electron chi connectivity index (χ4n) is 2.42. The number of carbonyl (C=O) groups excluding carboxylic acids is 1. The standard InChI is InChI=1S/C10H15N3O2/c11-8-6(9(12)15)7(14)10(13-8)4-2-1-3-5-10/h14H,1-5H2,(H2,11,13)(H2,12,15). The molecule has 0 atom stereocenters. The van der Waals surface area contributed by atoms with Gasteiger partial charge in [0.15, 0.2) is 0 Å². The van der Waals surface area contributed by atoms with Crippen LogP contribution in [0, 0.1) is 0 Å². The van der Waals surface area contributed by atoms with Crippen LogP contribution in [0.15, 0.2) is 16.3 Å². The van der Waals surface area contributed by atoms with Gasteiger partial charge in [-0.1, -0.05) is 19.3 Å². The van der Waals surface area contributed by atoms with Crippen LogP contribution >= 0.6 is 0 Å². The molecule has 5 N–H and O–H groups in total. The van der Waals surface area contributed by atoms with Gasteiger partial charge in [-0.3, -0.25) is 9.79 Å². The van der Waals surface area contributed by atoms with Gasteiger partial charge >= 0.3 is 0 Å². The summed E-state index contributed by atoms with van der Waals surface area (Å²) in [5.74, 6) is -0.634. The van der Waals surface area contributed by atoms with Crippen molar-refractivity contribution in [2.75, 3.05) is 0 Å². The minimum Gasteiger partial charge on any atom is -0.509 e. The van der Waals surface area contributed by atoms with Crippen molar-refractivity contribution < 1.29 is 9.90 Å². The van der Waals surface area contributed by atoms with E-state index in [2.05, 4.69) is 4.99 Å². The second-order valence-corrected chi connectivity index (χ2v) is 4.18. The molecule has 5 nitrogen and oxygen atoms in total. The topological polar surface area (TPSA) is 102 Å². The number of aliphatic imine (C=N–C) groups is 1. The van der Waals surface area contributed by atoms with E-state index >= 15 is 0 Å². The van der Waals surface area contributed by atoms with Crippen LogP contribution in [0.25, 0.3) is 0 Å². The third kappa shape index (κ3) is 1.38. The SMILES string of the molecule is NC(=O)C1=C(O)C2(CCCCC2)N=C1N. The van der Waals surface area contributed by atoms with E-state index in [4.69, 9.17) is 11.5 Å². The molecule has 0 saturated heterocycles. The Morgan fingerprint density at radius 1 is 1.33 bits per heavy atom. The Balaban J connectivity index is 2.41. The van der Waals surface area contributed by atoms with Crippen LogP contribution in [0.4, 0.5) is 0 Å². The van der Waals surface area contributed by atoms with Crippen LogP contribution in [0.5, 0.6) is 0 Å². The van der Waals surface area contributed by atoms with Gasteiger partial charge in [-0.15, -0.1) is 0 Å². The van der Waals surface area contributed by atoms with Crippen molar-refractivity contribution in [1.29, 1.82) is 0 Å². The molecule has 0 aromatic carbocycles. The van der Waals surface area contributed by atoms with E-state index < -0.39 is 11.4 Å². The number of rotatable bonds is 1. The fourth-order valence-corrected chi connectivity index (χ4v) is 2.42. The highest BCUT2D eigenvalue weighted by Gasteiger charge is 2.44. The molecule has 82 valence electrons. The highest BCUT2D eigenvalue weighted by molar-refractivity contribution is 6.21. The number of carbonyl (C=O) groups is 1. The lowest BCUT2D eigenvalue weighted by molar-refractivity contribution is -0.114. The van der Waals surface area contributed by atoms with E-state index in [9.17, 15) is 9.90 Å². The molecule has 0 aromatic rings. The summed E-state index contributed by atoms with van der Waals surface area (Å²) >= 11 is 0. The largest absolute Gasteiger partial charge is 0.509 e. The van der Waals surface area contributed by atoms with Crippen LogP contribution in [0.2, 0.25) is 0 Å². The van der Waals surface area contributed by atoms with E-state index in [0.717, 1.165) is 32.1 Å². The Morgan fingerprint density at radius 3 is 2.40 bits per heavy atom. The van der Waals surface area contributed by atoms with Crippen molar-refractivity contribution in [2.45, 2.75) is 37.6 Å². The lowest BCUT2D eigenvalue weighted by Crippen LogP contribution is -2.31. The number of hydrogen-bond acceptors (Lipinski definition) is 4. The van der Waals surface area contributed by atoms with Crippen LogP contribution in [-0.2, 0) is 4.79 Å². The van der Waals surface area contributed by atoms with E-state index in [-0.39, 0.29) is 17.2 Å². The highest BCUT2D eigenvalue weighted by Crippen LogP contribution is 2.41. The second-order valence-electron chi connectivity index (χ2n) is 4.18. The van der Waals surface area contributed by atoms with Crippen LogP contribution in [0.1, 0.15) is 32.1 Å². The number of nitrogens with two attached hydrogens (primary N) is 2. The summed E-state index contributed by atoms with van der Waals surface area (Å²) in [5, 5.41) is 9.99. The first kappa shape index (κ1) is 10.0. The Morgan fingerprint density at radius 2 is 1.93 bits per heavy atom. The van der Waals surface area contributed by atoms with Crippen molar-refractivity contribution in [3.05, 3.63) is 11.3 Å². The molecule has 15 heavy (non-hydrogen) atoms. The summed E-state index contributed by atoms with van der Waals surface area (Å²) in [6.45, 7) is 0. The van der Waals surface area contributed by atoms with Gasteiger partial charge in [-0.05, 0) is 12.8 Å². The highest BCUT2D eigenvalue weighted by atomic mass is 16.3. The smallest absolute Gasteiger partial charge is 0.255 e. The first-order valence-electron chi connectivity index (χ1n) is 5.16. The minimum absolute atomic E-state index is 0.0110. The molecule has 5 heteroatoms. The van der Waals surface area contributed by atoms with E-state index in [1.54, 1.807) is 0 Å². The van der Waals surface area contributed by atoms with Crippen LogP contribution in [0.3, 0.4) is 0 Å². The molecule has 1 aliphatic carbocycles. The molecule has 1 spiro atoms. The summed E-state index contributed by atoms with van der Waals surface area (Å²) in [7, 11) is 0. The van der Waals surface area contributed by atoms with Crippen molar-refractivity contribution in [1.82, 2.24) is 0 Å². The van der Waals surface area contributed by atoms with Crippen molar-refractivity contribution >= 4 is 11.7 Å². The van der Waals surface area contributed by atoms with Crippen molar-refractivity contribution in [2.24, 2.45) is 16.5 Å². The molecule has 2 aliphatic rings.